The van der Waals surface area contributed by atoms with Crippen LogP contribution in [0.3, 0.4) is 0 Å². The SMILES string of the molecule is O=C(CCN1CCC(OC(=O)NNc2ccccc2-c2ccccc2)CC1)CNc1cccc(C(=O)O)c1. The average Bonchev–Trinajstić information content (AvgIpc) is 2.95. The first kappa shape index (κ1) is 26.7. The predicted molar refractivity (Wildman–Crippen MR) is 146 cm³/mol. The summed E-state index contributed by atoms with van der Waals surface area (Å²) in [7, 11) is 0. The zero-order valence-electron chi connectivity index (χ0n) is 21.1. The van der Waals surface area contributed by atoms with E-state index in [4.69, 9.17) is 9.84 Å². The van der Waals surface area contributed by atoms with E-state index >= 15 is 0 Å². The molecule has 0 spiro atoms. The van der Waals surface area contributed by atoms with Crippen LogP contribution in [0.5, 0.6) is 0 Å². The lowest BCUT2D eigenvalue weighted by molar-refractivity contribution is -0.117. The topological polar surface area (TPSA) is 120 Å². The third kappa shape index (κ3) is 7.81. The molecule has 1 amide bonds. The molecule has 0 aromatic heterocycles. The number of rotatable bonds is 11. The number of piperidine rings is 1. The standard InChI is InChI=1S/C29H32N4O5/c34-24(20-30-23-10-6-9-22(19-23)28(35)36)13-16-33-17-14-25(15-18-33)38-29(37)32-31-27-12-5-4-11-26(27)21-7-2-1-3-8-21/h1-12,19,25,30-31H,13-18,20H2,(H,32,37)(H,35,36). The fourth-order valence-electron chi connectivity index (χ4n) is 4.35. The number of carboxylic acids is 1. The Morgan fingerprint density at radius 2 is 1.66 bits per heavy atom. The number of nitrogens with zero attached hydrogens (tertiary/aromatic N) is 1. The van der Waals surface area contributed by atoms with E-state index in [1.165, 1.54) is 12.1 Å². The average molecular weight is 517 g/mol. The second-order valence-electron chi connectivity index (χ2n) is 9.14. The van der Waals surface area contributed by atoms with Crippen LogP contribution in [0, 0.1) is 0 Å². The number of ketones is 1. The molecule has 3 aromatic carbocycles. The van der Waals surface area contributed by atoms with Crippen molar-refractivity contribution < 1.29 is 24.2 Å². The van der Waals surface area contributed by atoms with Gasteiger partial charge in [-0.15, -0.1) is 0 Å². The highest BCUT2D eigenvalue weighted by molar-refractivity contribution is 5.89. The highest BCUT2D eigenvalue weighted by Crippen LogP contribution is 2.27. The van der Waals surface area contributed by atoms with E-state index in [0.29, 0.717) is 31.5 Å². The van der Waals surface area contributed by atoms with Crippen LogP contribution >= 0.6 is 0 Å². The van der Waals surface area contributed by atoms with Crippen molar-refractivity contribution >= 4 is 29.2 Å². The summed E-state index contributed by atoms with van der Waals surface area (Å²) in [6, 6.07) is 24.0. The molecule has 1 aliphatic rings. The van der Waals surface area contributed by atoms with Crippen LogP contribution in [-0.4, -0.2) is 60.1 Å². The first-order chi connectivity index (χ1) is 18.5. The Morgan fingerprint density at radius 1 is 0.921 bits per heavy atom. The molecule has 4 N–H and O–H groups in total. The van der Waals surface area contributed by atoms with Crippen LogP contribution in [-0.2, 0) is 9.53 Å². The molecule has 0 radical (unpaired) electrons. The molecule has 1 heterocycles. The van der Waals surface area contributed by atoms with Crippen molar-refractivity contribution in [2.24, 2.45) is 0 Å². The molecular weight excluding hydrogens is 484 g/mol. The molecule has 3 aromatic rings. The lowest BCUT2D eigenvalue weighted by atomic mass is 10.0. The second-order valence-corrected chi connectivity index (χ2v) is 9.14. The smallest absolute Gasteiger partial charge is 0.426 e. The van der Waals surface area contributed by atoms with Gasteiger partial charge in [0.25, 0.3) is 0 Å². The number of hydrogen-bond donors (Lipinski definition) is 4. The molecule has 9 nitrogen and oxygen atoms in total. The number of likely N-dealkylation sites (tertiary alicyclic amines) is 1. The van der Waals surface area contributed by atoms with E-state index in [-0.39, 0.29) is 24.0 Å². The Bertz CT molecular complexity index is 1240. The second kappa shape index (κ2) is 13.3. The van der Waals surface area contributed by atoms with Gasteiger partial charge >= 0.3 is 12.1 Å². The van der Waals surface area contributed by atoms with Gasteiger partial charge in [-0.1, -0.05) is 54.6 Å². The van der Waals surface area contributed by atoms with E-state index in [2.05, 4.69) is 21.1 Å². The number of anilines is 2. The molecular formula is C29H32N4O5. The molecule has 0 bridgehead atoms. The number of para-hydroxylation sites is 1. The maximum absolute atomic E-state index is 12.4. The zero-order valence-corrected chi connectivity index (χ0v) is 21.1. The summed E-state index contributed by atoms with van der Waals surface area (Å²) >= 11 is 0. The maximum Gasteiger partial charge on any atom is 0.426 e. The Kier molecular flexibility index (Phi) is 9.31. The first-order valence-electron chi connectivity index (χ1n) is 12.7. The van der Waals surface area contributed by atoms with Gasteiger partial charge in [0.2, 0.25) is 0 Å². The van der Waals surface area contributed by atoms with Crippen molar-refractivity contribution in [1.29, 1.82) is 0 Å². The number of benzene rings is 3. The Hall–Kier alpha value is -4.37. The van der Waals surface area contributed by atoms with Gasteiger partial charge in [0.05, 0.1) is 17.8 Å². The number of carbonyl (C=O) groups is 3. The Balaban J connectivity index is 1.14. The Morgan fingerprint density at radius 3 is 2.42 bits per heavy atom. The number of hydrogen-bond acceptors (Lipinski definition) is 7. The van der Waals surface area contributed by atoms with Crippen molar-refractivity contribution in [1.82, 2.24) is 10.3 Å². The van der Waals surface area contributed by atoms with E-state index in [1.807, 2.05) is 54.6 Å². The lowest BCUT2D eigenvalue weighted by Crippen LogP contribution is -2.41. The van der Waals surface area contributed by atoms with Gasteiger partial charge in [-0.3, -0.25) is 10.2 Å². The van der Waals surface area contributed by atoms with Crippen molar-refractivity contribution in [2.75, 3.05) is 36.9 Å². The van der Waals surface area contributed by atoms with Gasteiger partial charge < -0.3 is 20.1 Å². The summed E-state index contributed by atoms with van der Waals surface area (Å²) in [5.41, 5.74) is 9.17. The monoisotopic (exact) mass is 516 g/mol. The van der Waals surface area contributed by atoms with E-state index < -0.39 is 12.1 Å². The molecule has 1 fully saturated rings. The van der Waals surface area contributed by atoms with Crippen molar-refractivity contribution in [3.63, 3.8) is 0 Å². The highest BCUT2D eigenvalue weighted by atomic mass is 16.6. The molecule has 0 unspecified atom stereocenters. The normalized spacial score (nSPS) is 13.9. The van der Waals surface area contributed by atoms with Crippen molar-refractivity contribution in [3.05, 3.63) is 84.4 Å². The van der Waals surface area contributed by atoms with Crippen molar-refractivity contribution in [2.45, 2.75) is 25.4 Å². The number of hydrazine groups is 1. The largest absolute Gasteiger partial charge is 0.478 e. The molecule has 0 atom stereocenters. The Labute approximate surface area is 221 Å². The van der Waals surface area contributed by atoms with Crippen molar-refractivity contribution in [3.8, 4) is 11.1 Å². The lowest BCUT2D eigenvalue weighted by Gasteiger charge is -2.31. The fraction of sp³-hybridized carbons (Fsp3) is 0.276. The fourth-order valence-corrected chi connectivity index (χ4v) is 4.35. The third-order valence-electron chi connectivity index (χ3n) is 6.43. The van der Waals surface area contributed by atoms with Crippen LogP contribution in [0.2, 0.25) is 0 Å². The molecule has 198 valence electrons. The van der Waals surface area contributed by atoms with Crippen LogP contribution < -0.4 is 16.2 Å². The minimum Gasteiger partial charge on any atom is -0.478 e. The van der Waals surface area contributed by atoms with Crippen LogP contribution in [0.1, 0.15) is 29.6 Å². The predicted octanol–water partition coefficient (Wildman–Crippen LogP) is 4.64. The van der Waals surface area contributed by atoms with Gasteiger partial charge in [-0.25, -0.2) is 15.0 Å². The number of carboxylic acid groups (broad SMARTS) is 1. The molecule has 0 aliphatic carbocycles. The summed E-state index contributed by atoms with van der Waals surface area (Å²) < 4.78 is 5.59. The van der Waals surface area contributed by atoms with Gasteiger partial charge in [-0.05, 0) is 42.7 Å². The number of Topliss-reactive ketones (excluding diaryl/α,β-unsaturated/α-hetero) is 1. The molecule has 1 aliphatic heterocycles. The summed E-state index contributed by atoms with van der Waals surface area (Å²) in [4.78, 5) is 37.9. The maximum atomic E-state index is 12.4. The van der Waals surface area contributed by atoms with E-state index in [0.717, 1.165) is 29.9 Å². The molecule has 9 heteroatoms. The number of nitrogens with one attached hydrogen (secondary N) is 3. The number of aromatic carboxylic acids is 1. The third-order valence-corrected chi connectivity index (χ3v) is 6.43. The quantitative estimate of drug-likeness (QED) is 0.272. The van der Waals surface area contributed by atoms with Crippen LogP contribution in [0.15, 0.2) is 78.9 Å². The summed E-state index contributed by atoms with van der Waals surface area (Å²) in [5, 5.41) is 12.1. The van der Waals surface area contributed by atoms with Gasteiger partial charge in [0.1, 0.15) is 6.10 Å². The number of carbonyl (C=O) groups excluding carboxylic acids is 2. The zero-order chi connectivity index (χ0) is 26.7. The number of amides is 1. The van der Waals surface area contributed by atoms with E-state index in [9.17, 15) is 14.4 Å². The van der Waals surface area contributed by atoms with Gasteiger partial charge in [-0.2, -0.15) is 0 Å². The summed E-state index contributed by atoms with van der Waals surface area (Å²) in [6.45, 7) is 2.25. The van der Waals surface area contributed by atoms with Crippen LogP contribution in [0.25, 0.3) is 11.1 Å². The molecule has 38 heavy (non-hydrogen) atoms. The minimum atomic E-state index is -1.01. The molecule has 4 rings (SSSR count). The summed E-state index contributed by atoms with van der Waals surface area (Å²) in [6.07, 6.45) is 1.07. The summed E-state index contributed by atoms with van der Waals surface area (Å²) in [5.74, 6) is -0.958. The van der Waals surface area contributed by atoms with Gasteiger partial charge in [0.15, 0.2) is 5.78 Å². The van der Waals surface area contributed by atoms with Gasteiger partial charge in [0, 0.05) is 37.3 Å². The number of ether oxygens (including phenoxy) is 1. The highest BCUT2D eigenvalue weighted by Gasteiger charge is 2.22. The molecule has 1 saturated heterocycles. The first-order valence-corrected chi connectivity index (χ1v) is 12.7. The molecule has 0 saturated carbocycles. The van der Waals surface area contributed by atoms with Crippen LogP contribution in [0.4, 0.5) is 16.2 Å². The minimum absolute atomic E-state index is 0.0466. The van der Waals surface area contributed by atoms with E-state index in [1.54, 1.807) is 12.1 Å².